The van der Waals surface area contributed by atoms with Crippen molar-refractivity contribution >= 4 is 17.4 Å². The average molecular weight is 403 g/mol. The smallest absolute Gasteiger partial charge is 0.105 e. The Morgan fingerprint density at radius 3 is 2.87 bits per heavy atom. The summed E-state index contributed by atoms with van der Waals surface area (Å²) in [7, 11) is 1.69. The first-order valence-electron chi connectivity index (χ1n) is 9.98. The molecule has 0 aliphatic heterocycles. The number of allylic oxidation sites excluding steroid dienone is 1. The van der Waals surface area contributed by atoms with Gasteiger partial charge in [0.2, 0.25) is 0 Å². The maximum atomic E-state index is 9.22. The first-order valence-corrected chi connectivity index (χ1v) is 9.98. The van der Waals surface area contributed by atoms with Crippen LogP contribution in [0, 0.1) is 17.2 Å². The Hall–Kier alpha value is -3.51. The van der Waals surface area contributed by atoms with E-state index in [0.717, 1.165) is 42.5 Å². The molecule has 0 bridgehead atoms. The molecule has 9 nitrogen and oxygen atoms in total. The third kappa shape index (κ3) is 3.46. The van der Waals surface area contributed by atoms with Gasteiger partial charge in [-0.2, -0.15) is 15.5 Å². The second-order valence-electron chi connectivity index (χ2n) is 7.67. The molecule has 3 aromatic heterocycles. The quantitative estimate of drug-likeness (QED) is 0.625. The van der Waals surface area contributed by atoms with E-state index in [9.17, 15) is 5.26 Å². The van der Waals surface area contributed by atoms with Crippen LogP contribution in [-0.4, -0.2) is 44.2 Å². The number of hydrogen-bond acceptors (Lipinski definition) is 7. The lowest BCUT2D eigenvalue weighted by Crippen LogP contribution is -2.44. The lowest BCUT2D eigenvalue weighted by Gasteiger charge is -2.38. The molecule has 30 heavy (non-hydrogen) atoms. The zero-order chi connectivity index (χ0) is 21.1. The first-order chi connectivity index (χ1) is 14.6. The summed E-state index contributed by atoms with van der Waals surface area (Å²) in [4.78, 5) is 8.73. The zero-order valence-corrected chi connectivity index (χ0v) is 16.9. The van der Waals surface area contributed by atoms with Crippen molar-refractivity contribution in [3.63, 3.8) is 0 Å². The van der Waals surface area contributed by atoms with E-state index in [1.807, 2.05) is 16.9 Å². The second kappa shape index (κ2) is 8.08. The summed E-state index contributed by atoms with van der Waals surface area (Å²) >= 11 is 0. The minimum atomic E-state index is -0.268. The fourth-order valence-corrected chi connectivity index (χ4v) is 4.03. The maximum absolute atomic E-state index is 9.22. The Morgan fingerprint density at radius 2 is 2.17 bits per heavy atom. The molecule has 3 aromatic rings. The van der Waals surface area contributed by atoms with Crippen molar-refractivity contribution in [2.45, 2.75) is 31.2 Å². The molecule has 154 valence electrons. The molecule has 0 unspecified atom stereocenters. The van der Waals surface area contributed by atoms with Gasteiger partial charge in [0, 0.05) is 37.5 Å². The van der Waals surface area contributed by atoms with Crippen LogP contribution in [0.3, 0.4) is 0 Å². The molecule has 1 saturated carbocycles. The Bertz CT molecular complexity index is 1140. The van der Waals surface area contributed by atoms with Gasteiger partial charge in [-0.1, -0.05) is 0 Å². The fraction of sp³-hybridized carbons (Fsp3) is 0.381. The van der Waals surface area contributed by atoms with E-state index in [0.29, 0.717) is 17.9 Å². The summed E-state index contributed by atoms with van der Waals surface area (Å²) in [6.45, 7) is 0.480. The van der Waals surface area contributed by atoms with Gasteiger partial charge in [0.25, 0.3) is 0 Å². The van der Waals surface area contributed by atoms with Gasteiger partial charge < -0.3 is 11.5 Å². The van der Waals surface area contributed by atoms with E-state index in [4.69, 9.17) is 16.5 Å². The lowest BCUT2D eigenvalue weighted by atomic mass is 9.77. The molecule has 0 radical (unpaired) electrons. The topological polar surface area (TPSA) is 136 Å². The van der Waals surface area contributed by atoms with Crippen molar-refractivity contribution in [2.75, 3.05) is 13.6 Å². The molecular weight excluding hydrogens is 378 g/mol. The monoisotopic (exact) mass is 403 g/mol. The van der Waals surface area contributed by atoms with Crippen molar-refractivity contribution in [2.24, 2.45) is 22.4 Å². The molecule has 0 atom stereocenters. The predicted octanol–water partition coefficient (Wildman–Crippen LogP) is 1.96. The van der Waals surface area contributed by atoms with Crippen LogP contribution in [0.5, 0.6) is 0 Å². The van der Waals surface area contributed by atoms with Gasteiger partial charge in [-0.15, -0.1) is 0 Å². The highest BCUT2D eigenvalue weighted by molar-refractivity contribution is 5.84. The van der Waals surface area contributed by atoms with Crippen LogP contribution in [0.2, 0.25) is 0 Å². The van der Waals surface area contributed by atoms with Crippen LogP contribution in [0.25, 0.3) is 22.5 Å². The number of aromatic nitrogens is 5. The number of aliphatic imine (C=N–C) groups is 1. The molecule has 1 aliphatic carbocycles. The highest BCUT2D eigenvalue weighted by atomic mass is 15.3. The Balaban J connectivity index is 1.74. The molecule has 0 amide bonds. The molecule has 1 fully saturated rings. The summed E-state index contributed by atoms with van der Waals surface area (Å²) in [5.74, 6) is 0.103. The first kappa shape index (κ1) is 19.8. The molecule has 0 spiro atoms. The molecule has 0 saturated heterocycles. The molecular formula is C21H25N9. The van der Waals surface area contributed by atoms with Gasteiger partial charge in [0.05, 0.1) is 47.1 Å². The van der Waals surface area contributed by atoms with Gasteiger partial charge >= 0.3 is 0 Å². The molecule has 9 heteroatoms. The predicted molar refractivity (Wildman–Crippen MR) is 115 cm³/mol. The van der Waals surface area contributed by atoms with Crippen LogP contribution in [-0.2, 0) is 5.54 Å². The number of fused-ring (bicyclic) bond motifs is 1. The SMILES string of the molecule is CN=CC=C(N)c1cn2nccc2c(-c2cnn(C3(CN)CCC(C#N)CC3)c2)n1. The third-order valence-corrected chi connectivity index (χ3v) is 5.91. The second-order valence-corrected chi connectivity index (χ2v) is 7.67. The fourth-order valence-electron chi connectivity index (χ4n) is 4.03. The lowest BCUT2D eigenvalue weighted by molar-refractivity contribution is 0.164. The number of nitrogens with zero attached hydrogens (tertiary/aromatic N) is 7. The van der Waals surface area contributed by atoms with E-state index in [1.54, 1.807) is 42.4 Å². The van der Waals surface area contributed by atoms with Crippen molar-refractivity contribution in [3.05, 3.63) is 42.6 Å². The van der Waals surface area contributed by atoms with Gasteiger partial charge in [-0.25, -0.2) is 9.50 Å². The van der Waals surface area contributed by atoms with E-state index < -0.39 is 0 Å². The summed E-state index contributed by atoms with van der Waals surface area (Å²) in [6.07, 6.45) is 14.0. The summed E-state index contributed by atoms with van der Waals surface area (Å²) in [5.41, 5.74) is 15.7. The highest BCUT2D eigenvalue weighted by Gasteiger charge is 2.36. The zero-order valence-electron chi connectivity index (χ0n) is 16.9. The Kier molecular flexibility index (Phi) is 5.33. The average Bonchev–Trinajstić information content (AvgIpc) is 3.46. The summed E-state index contributed by atoms with van der Waals surface area (Å²) in [6, 6.07) is 4.29. The van der Waals surface area contributed by atoms with Crippen LogP contribution in [0.15, 0.2) is 41.9 Å². The van der Waals surface area contributed by atoms with E-state index >= 15 is 0 Å². The van der Waals surface area contributed by atoms with E-state index in [2.05, 4.69) is 21.3 Å². The Morgan fingerprint density at radius 1 is 1.37 bits per heavy atom. The summed E-state index contributed by atoms with van der Waals surface area (Å²) in [5, 5.41) is 18.2. The minimum Gasteiger partial charge on any atom is -0.397 e. The van der Waals surface area contributed by atoms with E-state index in [1.165, 1.54) is 0 Å². The largest absolute Gasteiger partial charge is 0.397 e. The van der Waals surface area contributed by atoms with Crippen LogP contribution in [0.1, 0.15) is 31.4 Å². The van der Waals surface area contributed by atoms with Gasteiger partial charge in [-0.05, 0) is 37.8 Å². The number of rotatable bonds is 5. The standard InChI is InChI=1S/C21H25N9/c1-25-8-4-17(24)18-13-29-19(5-9-26-29)20(28-18)16-11-27-30(12-16)21(14-23)6-2-15(10-22)3-7-21/h4-5,8-9,11-13,15H,2-3,6-7,14,23-24H2,1H3. The Labute approximate surface area is 174 Å². The van der Waals surface area contributed by atoms with Crippen molar-refractivity contribution in [1.82, 2.24) is 24.4 Å². The number of hydrogen-bond donors (Lipinski definition) is 2. The minimum absolute atomic E-state index is 0.103. The van der Waals surface area contributed by atoms with E-state index in [-0.39, 0.29) is 11.5 Å². The number of nitriles is 1. The maximum Gasteiger partial charge on any atom is 0.105 e. The van der Waals surface area contributed by atoms with Gasteiger partial charge in [0.1, 0.15) is 5.69 Å². The van der Waals surface area contributed by atoms with Crippen molar-refractivity contribution < 1.29 is 0 Å². The van der Waals surface area contributed by atoms with Crippen LogP contribution >= 0.6 is 0 Å². The number of nitrogens with two attached hydrogens (primary N) is 2. The van der Waals surface area contributed by atoms with Gasteiger partial charge in [-0.3, -0.25) is 9.67 Å². The van der Waals surface area contributed by atoms with Crippen molar-refractivity contribution in [3.8, 4) is 17.3 Å². The normalized spacial score (nSPS) is 22.6. The molecule has 1 aliphatic rings. The van der Waals surface area contributed by atoms with Gasteiger partial charge in [0.15, 0.2) is 0 Å². The molecule has 4 rings (SSSR count). The van der Waals surface area contributed by atoms with Crippen LogP contribution < -0.4 is 11.5 Å². The van der Waals surface area contributed by atoms with Crippen LogP contribution in [0.4, 0.5) is 0 Å². The van der Waals surface area contributed by atoms with Crippen molar-refractivity contribution in [1.29, 1.82) is 5.26 Å². The summed E-state index contributed by atoms with van der Waals surface area (Å²) < 4.78 is 3.72. The molecule has 4 N–H and O–H groups in total. The third-order valence-electron chi connectivity index (χ3n) is 5.91. The molecule has 0 aromatic carbocycles. The highest BCUT2D eigenvalue weighted by Crippen LogP contribution is 2.37. The molecule has 3 heterocycles.